The van der Waals surface area contributed by atoms with Crippen LogP contribution in [0.1, 0.15) is 12.5 Å². The number of para-hydroxylation sites is 1. The molecule has 0 heterocycles. The predicted octanol–water partition coefficient (Wildman–Crippen LogP) is 5.35. The van der Waals surface area contributed by atoms with Crippen molar-refractivity contribution in [2.75, 3.05) is 23.8 Å². The van der Waals surface area contributed by atoms with Crippen LogP contribution in [0.2, 0.25) is 5.02 Å². The molecule has 2 N–H and O–H groups in total. The van der Waals surface area contributed by atoms with E-state index in [9.17, 15) is 29.4 Å². The molecule has 0 saturated heterocycles. The summed E-state index contributed by atoms with van der Waals surface area (Å²) in [5.74, 6) is -1.86. The molecule has 0 spiro atoms. The molecule has 0 saturated carbocycles. The minimum Gasteiger partial charge on any atom is -0.490 e. The van der Waals surface area contributed by atoms with Crippen molar-refractivity contribution < 1.29 is 28.4 Å². The maximum absolute atomic E-state index is 13.8. The van der Waals surface area contributed by atoms with Gasteiger partial charge in [-0.25, -0.2) is 4.39 Å². The standard InChI is InChI=1S/C26H20ClFN4O6/c1-2-37-23-12-16(10-17(14-29)26(34)30-18-6-5-7-19(13-18)32(35)36)11-20(27)25(23)38-15-24(33)31-22-9-4-3-8-21(22)28/h3-13H,2,15H2,1H3,(H,30,34)(H,31,33)/b17-10-. The zero-order valence-corrected chi connectivity index (χ0v) is 20.6. The van der Waals surface area contributed by atoms with Gasteiger partial charge in [0.15, 0.2) is 18.1 Å². The zero-order chi connectivity index (χ0) is 27.7. The van der Waals surface area contributed by atoms with Gasteiger partial charge in [-0.15, -0.1) is 0 Å². The van der Waals surface area contributed by atoms with Crippen LogP contribution in [0.3, 0.4) is 0 Å². The number of halogens is 2. The highest BCUT2D eigenvalue weighted by atomic mass is 35.5. The number of nitrogens with one attached hydrogen (secondary N) is 2. The molecule has 12 heteroatoms. The number of hydrogen-bond acceptors (Lipinski definition) is 7. The van der Waals surface area contributed by atoms with Crippen molar-refractivity contribution in [2.24, 2.45) is 0 Å². The summed E-state index contributed by atoms with van der Waals surface area (Å²) in [5.41, 5.74) is -0.0992. The third kappa shape index (κ3) is 7.28. The minimum absolute atomic E-state index is 0.00914. The summed E-state index contributed by atoms with van der Waals surface area (Å²) in [6, 6.07) is 15.5. The molecule has 3 rings (SSSR count). The molecule has 0 radical (unpaired) electrons. The van der Waals surface area contributed by atoms with Crippen LogP contribution in [-0.4, -0.2) is 30.0 Å². The first kappa shape index (κ1) is 27.6. The number of nitro groups is 1. The zero-order valence-electron chi connectivity index (χ0n) is 19.9. The second-order valence-corrected chi connectivity index (χ2v) is 7.92. The van der Waals surface area contributed by atoms with E-state index in [1.54, 1.807) is 19.1 Å². The van der Waals surface area contributed by atoms with Crippen molar-refractivity contribution in [1.29, 1.82) is 5.26 Å². The van der Waals surface area contributed by atoms with Crippen molar-refractivity contribution in [3.63, 3.8) is 0 Å². The Labute approximate surface area is 221 Å². The highest BCUT2D eigenvalue weighted by Gasteiger charge is 2.17. The van der Waals surface area contributed by atoms with E-state index in [1.807, 2.05) is 0 Å². The fraction of sp³-hybridized carbons (Fsp3) is 0.115. The van der Waals surface area contributed by atoms with Crippen LogP contribution in [0.4, 0.5) is 21.5 Å². The summed E-state index contributed by atoms with van der Waals surface area (Å²) < 4.78 is 24.9. The fourth-order valence-corrected chi connectivity index (χ4v) is 3.45. The van der Waals surface area contributed by atoms with Crippen molar-refractivity contribution in [1.82, 2.24) is 0 Å². The normalized spacial score (nSPS) is 10.7. The number of benzene rings is 3. The maximum atomic E-state index is 13.8. The number of non-ortho nitro benzene ring substituents is 1. The molecular formula is C26H20ClFN4O6. The average molecular weight is 539 g/mol. The Kier molecular flexibility index (Phi) is 9.34. The van der Waals surface area contributed by atoms with Crippen LogP contribution < -0.4 is 20.1 Å². The van der Waals surface area contributed by atoms with Crippen LogP contribution in [0.25, 0.3) is 6.08 Å². The number of ether oxygens (including phenoxy) is 2. The van der Waals surface area contributed by atoms with Gasteiger partial charge in [0.25, 0.3) is 17.5 Å². The van der Waals surface area contributed by atoms with Gasteiger partial charge in [-0.1, -0.05) is 29.8 Å². The number of carbonyl (C=O) groups is 2. The lowest BCUT2D eigenvalue weighted by molar-refractivity contribution is -0.384. The lowest BCUT2D eigenvalue weighted by Crippen LogP contribution is -2.21. The minimum atomic E-state index is -0.799. The Balaban J connectivity index is 1.78. The average Bonchev–Trinajstić information content (AvgIpc) is 2.88. The Morgan fingerprint density at radius 2 is 1.89 bits per heavy atom. The van der Waals surface area contributed by atoms with Gasteiger partial charge in [0.2, 0.25) is 0 Å². The molecule has 194 valence electrons. The fourth-order valence-electron chi connectivity index (χ4n) is 3.17. The third-order valence-electron chi connectivity index (χ3n) is 4.82. The monoisotopic (exact) mass is 538 g/mol. The summed E-state index contributed by atoms with van der Waals surface area (Å²) in [5, 5.41) is 25.3. The molecule has 10 nitrogen and oxygen atoms in total. The number of nitro benzene ring substituents is 1. The van der Waals surface area contributed by atoms with E-state index >= 15 is 0 Å². The second-order valence-electron chi connectivity index (χ2n) is 7.51. The van der Waals surface area contributed by atoms with E-state index in [0.29, 0.717) is 5.56 Å². The van der Waals surface area contributed by atoms with Crippen LogP contribution in [-0.2, 0) is 9.59 Å². The second kappa shape index (κ2) is 12.8. The molecule has 0 bridgehead atoms. The first-order valence-electron chi connectivity index (χ1n) is 11.0. The Hall–Kier alpha value is -4.95. The van der Waals surface area contributed by atoms with E-state index < -0.39 is 29.2 Å². The highest BCUT2D eigenvalue weighted by Crippen LogP contribution is 2.37. The summed E-state index contributed by atoms with van der Waals surface area (Å²) in [6.07, 6.45) is 1.25. The number of nitriles is 1. The number of anilines is 2. The smallest absolute Gasteiger partial charge is 0.271 e. The molecular weight excluding hydrogens is 519 g/mol. The predicted molar refractivity (Wildman–Crippen MR) is 138 cm³/mol. The lowest BCUT2D eigenvalue weighted by atomic mass is 10.1. The van der Waals surface area contributed by atoms with Gasteiger partial charge in [-0.3, -0.25) is 19.7 Å². The SMILES string of the molecule is CCOc1cc(/C=C(/C#N)C(=O)Nc2cccc([N+](=O)[O-])c2)cc(Cl)c1OCC(=O)Nc1ccccc1F. The molecule has 3 aromatic rings. The van der Waals surface area contributed by atoms with E-state index in [4.69, 9.17) is 21.1 Å². The molecule has 0 fully saturated rings. The first-order valence-corrected chi connectivity index (χ1v) is 11.4. The molecule has 2 amide bonds. The number of nitrogens with zero attached hydrogens (tertiary/aromatic N) is 2. The van der Waals surface area contributed by atoms with E-state index in [-0.39, 0.29) is 45.8 Å². The first-order chi connectivity index (χ1) is 18.2. The number of carbonyl (C=O) groups excluding carboxylic acids is 2. The topological polar surface area (TPSA) is 144 Å². The number of amides is 2. The van der Waals surface area contributed by atoms with E-state index in [0.717, 1.165) is 6.07 Å². The van der Waals surface area contributed by atoms with Gasteiger partial charge >= 0.3 is 0 Å². The molecule has 0 aromatic heterocycles. The van der Waals surface area contributed by atoms with E-state index in [2.05, 4.69) is 10.6 Å². The van der Waals surface area contributed by atoms with Gasteiger partial charge < -0.3 is 20.1 Å². The molecule has 0 aliphatic rings. The molecule has 0 unspecified atom stereocenters. The van der Waals surface area contributed by atoms with E-state index in [1.165, 1.54) is 54.6 Å². The summed E-state index contributed by atoms with van der Waals surface area (Å²) in [7, 11) is 0. The van der Waals surface area contributed by atoms with Crippen LogP contribution in [0.5, 0.6) is 11.5 Å². The van der Waals surface area contributed by atoms with Crippen LogP contribution in [0, 0.1) is 27.3 Å². The number of hydrogen-bond donors (Lipinski definition) is 2. The summed E-state index contributed by atoms with van der Waals surface area (Å²) in [6.45, 7) is 1.41. The Morgan fingerprint density at radius 1 is 1.13 bits per heavy atom. The maximum Gasteiger partial charge on any atom is 0.271 e. The quantitative estimate of drug-likeness (QED) is 0.153. The Bertz CT molecular complexity index is 1450. The van der Waals surface area contributed by atoms with Gasteiger partial charge in [0.05, 0.1) is 22.2 Å². The van der Waals surface area contributed by atoms with Crippen molar-refractivity contribution in [3.05, 3.63) is 92.8 Å². The molecule has 0 atom stereocenters. The highest BCUT2D eigenvalue weighted by molar-refractivity contribution is 6.32. The van der Waals surface area contributed by atoms with Crippen LogP contribution in [0.15, 0.2) is 66.2 Å². The van der Waals surface area contributed by atoms with Gasteiger partial charge in [0.1, 0.15) is 17.5 Å². The molecule has 0 aliphatic carbocycles. The number of rotatable bonds is 10. The largest absolute Gasteiger partial charge is 0.490 e. The lowest BCUT2D eigenvalue weighted by Gasteiger charge is -2.15. The van der Waals surface area contributed by atoms with Gasteiger partial charge in [-0.05, 0) is 48.9 Å². The van der Waals surface area contributed by atoms with Gasteiger partial charge in [0, 0.05) is 17.8 Å². The third-order valence-corrected chi connectivity index (χ3v) is 5.10. The van der Waals surface area contributed by atoms with Crippen molar-refractivity contribution in [3.8, 4) is 17.6 Å². The van der Waals surface area contributed by atoms with Crippen molar-refractivity contribution >= 4 is 46.6 Å². The van der Waals surface area contributed by atoms with Gasteiger partial charge in [-0.2, -0.15) is 5.26 Å². The molecule has 38 heavy (non-hydrogen) atoms. The van der Waals surface area contributed by atoms with Crippen LogP contribution >= 0.6 is 11.6 Å². The van der Waals surface area contributed by atoms with Crippen molar-refractivity contribution in [2.45, 2.75) is 6.92 Å². The Morgan fingerprint density at radius 3 is 2.58 bits per heavy atom. The molecule has 0 aliphatic heterocycles. The summed E-state index contributed by atoms with van der Waals surface area (Å²) >= 11 is 6.35. The summed E-state index contributed by atoms with van der Waals surface area (Å²) in [4.78, 5) is 35.2. The molecule has 3 aromatic carbocycles.